The van der Waals surface area contributed by atoms with E-state index in [1.165, 1.54) is 11.3 Å². The topological polar surface area (TPSA) is 66.9 Å². The van der Waals surface area contributed by atoms with Gasteiger partial charge in [-0.15, -0.1) is 11.3 Å². The highest BCUT2D eigenvalue weighted by Gasteiger charge is 2.13. The Labute approximate surface area is 126 Å². The van der Waals surface area contributed by atoms with Gasteiger partial charge in [0.25, 0.3) is 5.91 Å². The Bertz CT molecular complexity index is 614. The molecule has 0 saturated heterocycles. The van der Waals surface area contributed by atoms with Gasteiger partial charge >= 0.3 is 0 Å². The number of carbonyl (C=O) groups is 1. The molecule has 5 nitrogen and oxygen atoms in total. The maximum absolute atomic E-state index is 12.1. The van der Waals surface area contributed by atoms with Crippen LogP contribution in [-0.2, 0) is 6.54 Å². The van der Waals surface area contributed by atoms with Gasteiger partial charge in [-0.25, -0.2) is 9.97 Å². The lowest BCUT2D eigenvalue weighted by molar-refractivity contribution is 0.0946. The van der Waals surface area contributed by atoms with Gasteiger partial charge in [0, 0.05) is 17.6 Å². The van der Waals surface area contributed by atoms with Crippen LogP contribution in [0.5, 0.6) is 0 Å². The van der Waals surface area contributed by atoms with Crippen molar-refractivity contribution >= 4 is 34.7 Å². The lowest BCUT2D eigenvalue weighted by atomic mass is 10.3. The molecule has 0 bridgehead atoms. The van der Waals surface area contributed by atoms with Gasteiger partial charge in [0.05, 0.1) is 11.6 Å². The van der Waals surface area contributed by atoms with Crippen molar-refractivity contribution in [2.75, 3.05) is 11.9 Å². The number of pyridine rings is 1. The van der Waals surface area contributed by atoms with Gasteiger partial charge in [0.1, 0.15) is 16.5 Å². The van der Waals surface area contributed by atoms with E-state index in [0.717, 1.165) is 17.2 Å². The summed E-state index contributed by atoms with van der Waals surface area (Å²) in [5, 5.41) is 8.95. The molecule has 2 heterocycles. The summed E-state index contributed by atoms with van der Waals surface area (Å²) in [6.07, 6.45) is 0. The third-order valence-corrected chi connectivity index (χ3v) is 3.76. The average molecular weight is 311 g/mol. The smallest absolute Gasteiger partial charge is 0.271 e. The molecule has 2 aromatic rings. The van der Waals surface area contributed by atoms with E-state index in [0.29, 0.717) is 17.4 Å². The van der Waals surface area contributed by atoms with Gasteiger partial charge in [0.15, 0.2) is 0 Å². The maximum Gasteiger partial charge on any atom is 0.271 e. The molecule has 0 aromatic carbocycles. The number of nitrogens with zero attached hydrogens (tertiary/aromatic N) is 2. The Morgan fingerprint density at radius 2 is 2.20 bits per heavy atom. The standard InChI is InChI=1S/C13H15ClN4OS/c1-3-15-10-5-4-9(14)12(18-10)13(19)16-6-11-17-8(2)7-20-11/h4-5,7H,3,6H2,1-2H3,(H,15,18)(H,16,19). The molecule has 0 aliphatic heterocycles. The van der Waals surface area contributed by atoms with Crippen molar-refractivity contribution in [3.63, 3.8) is 0 Å². The Morgan fingerprint density at radius 1 is 1.40 bits per heavy atom. The molecule has 7 heteroatoms. The van der Waals surface area contributed by atoms with Gasteiger partial charge in [-0.05, 0) is 26.0 Å². The predicted molar refractivity (Wildman–Crippen MR) is 81.4 cm³/mol. The maximum atomic E-state index is 12.1. The number of rotatable bonds is 5. The van der Waals surface area contributed by atoms with E-state index in [1.54, 1.807) is 12.1 Å². The summed E-state index contributed by atoms with van der Waals surface area (Å²) in [5.74, 6) is 0.328. The second-order valence-corrected chi connectivity index (χ2v) is 5.47. The molecule has 0 saturated carbocycles. The summed E-state index contributed by atoms with van der Waals surface area (Å²) in [7, 11) is 0. The second kappa shape index (κ2) is 6.67. The van der Waals surface area contributed by atoms with Gasteiger partial charge in [0.2, 0.25) is 0 Å². The van der Waals surface area contributed by atoms with E-state index in [-0.39, 0.29) is 11.6 Å². The molecule has 2 N–H and O–H groups in total. The van der Waals surface area contributed by atoms with Crippen LogP contribution >= 0.6 is 22.9 Å². The summed E-state index contributed by atoms with van der Waals surface area (Å²) in [6.45, 7) is 4.98. The van der Waals surface area contributed by atoms with Crippen molar-refractivity contribution in [2.45, 2.75) is 20.4 Å². The average Bonchev–Trinajstić information content (AvgIpc) is 2.84. The first-order chi connectivity index (χ1) is 9.60. The molecule has 0 aliphatic carbocycles. The first-order valence-corrected chi connectivity index (χ1v) is 7.45. The van der Waals surface area contributed by atoms with Gasteiger partial charge in [-0.2, -0.15) is 0 Å². The largest absolute Gasteiger partial charge is 0.370 e. The van der Waals surface area contributed by atoms with Crippen molar-refractivity contribution in [3.8, 4) is 0 Å². The molecule has 0 aliphatic rings. The van der Waals surface area contributed by atoms with Crippen LogP contribution in [0.4, 0.5) is 5.82 Å². The summed E-state index contributed by atoms with van der Waals surface area (Å²) in [5.41, 5.74) is 1.17. The van der Waals surface area contributed by atoms with Gasteiger partial charge in [-0.3, -0.25) is 4.79 Å². The number of hydrogen-bond donors (Lipinski definition) is 2. The monoisotopic (exact) mass is 310 g/mol. The molecule has 1 amide bonds. The highest BCUT2D eigenvalue weighted by Crippen LogP contribution is 2.17. The quantitative estimate of drug-likeness (QED) is 0.891. The van der Waals surface area contributed by atoms with E-state index >= 15 is 0 Å². The third-order valence-electron chi connectivity index (χ3n) is 2.49. The normalized spacial score (nSPS) is 10.3. The molecular weight excluding hydrogens is 296 g/mol. The van der Waals surface area contributed by atoms with Crippen molar-refractivity contribution in [3.05, 3.63) is 38.9 Å². The van der Waals surface area contributed by atoms with Crippen molar-refractivity contribution < 1.29 is 4.79 Å². The first kappa shape index (κ1) is 14.7. The van der Waals surface area contributed by atoms with Crippen LogP contribution in [0.1, 0.15) is 28.1 Å². The molecule has 106 valence electrons. The number of halogens is 1. The molecule has 0 spiro atoms. The lowest BCUT2D eigenvalue weighted by Crippen LogP contribution is -2.24. The Kier molecular flexibility index (Phi) is 4.92. The van der Waals surface area contributed by atoms with E-state index in [9.17, 15) is 4.79 Å². The number of thiazole rings is 1. The number of nitrogens with one attached hydrogen (secondary N) is 2. The zero-order chi connectivity index (χ0) is 14.5. The fourth-order valence-electron chi connectivity index (χ4n) is 1.60. The molecular formula is C13H15ClN4OS. The van der Waals surface area contributed by atoms with Crippen LogP contribution in [0.15, 0.2) is 17.5 Å². The highest BCUT2D eigenvalue weighted by atomic mass is 35.5. The minimum absolute atomic E-state index is 0.221. The number of carbonyl (C=O) groups excluding carboxylic acids is 1. The molecule has 0 radical (unpaired) electrons. The van der Waals surface area contributed by atoms with Crippen molar-refractivity contribution in [1.82, 2.24) is 15.3 Å². The number of hydrogen-bond acceptors (Lipinski definition) is 5. The first-order valence-electron chi connectivity index (χ1n) is 6.19. The van der Waals surface area contributed by atoms with E-state index < -0.39 is 0 Å². The molecule has 0 unspecified atom stereocenters. The Morgan fingerprint density at radius 3 is 2.85 bits per heavy atom. The van der Waals surface area contributed by atoms with Crippen LogP contribution in [0.2, 0.25) is 5.02 Å². The van der Waals surface area contributed by atoms with Crippen molar-refractivity contribution in [2.24, 2.45) is 0 Å². The van der Waals surface area contributed by atoms with E-state index in [1.807, 2.05) is 19.2 Å². The van der Waals surface area contributed by atoms with Crippen molar-refractivity contribution in [1.29, 1.82) is 0 Å². The SMILES string of the molecule is CCNc1ccc(Cl)c(C(=O)NCc2nc(C)cs2)n1. The molecule has 0 fully saturated rings. The van der Waals surface area contributed by atoms with Crippen LogP contribution in [-0.4, -0.2) is 22.4 Å². The predicted octanol–water partition coefficient (Wildman–Crippen LogP) is 2.86. The fraction of sp³-hybridized carbons (Fsp3) is 0.308. The van der Waals surface area contributed by atoms with Crippen LogP contribution < -0.4 is 10.6 Å². The van der Waals surface area contributed by atoms with E-state index in [4.69, 9.17) is 11.6 Å². The molecule has 2 rings (SSSR count). The number of amides is 1. The van der Waals surface area contributed by atoms with E-state index in [2.05, 4.69) is 20.6 Å². The molecule has 2 aromatic heterocycles. The molecule has 20 heavy (non-hydrogen) atoms. The zero-order valence-corrected chi connectivity index (χ0v) is 12.8. The summed E-state index contributed by atoms with van der Waals surface area (Å²) in [4.78, 5) is 20.6. The number of aromatic nitrogens is 2. The second-order valence-electron chi connectivity index (χ2n) is 4.12. The fourth-order valence-corrected chi connectivity index (χ4v) is 2.51. The Balaban J connectivity index is 2.06. The summed E-state index contributed by atoms with van der Waals surface area (Å²) < 4.78 is 0. The summed E-state index contributed by atoms with van der Waals surface area (Å²) >= 11 is 7.52. The van der Waals surface area contributed by atoms with Crippen LogP contribution in [0, 0.1) is 6.92 Å². The van der Waals surface area contributed by atoms with Crippen LogP contribution in [0.25, 0.3) is 0 Å². The van der Waals surface area contributed by atoms with Gasteiger partial charge in [-0.1, -0.05) is 11.6 Å². The van der Waals surface area contributed by atoms with Crippen LogP contribution in [0.3, 0.4) is 0 Å². The third kappa shape index (κ3) is 3.68. The molecule has 0 atom stereocenters. The number of anilines is 1. The Hall–Kier alpha value is -1.66. The highest BCUT2D eigenvalue weighted by molar-refractivity contribution is 7.09. The number of aryl methyl sites for hydroxylation is 1. The minimum atomic E-state index is -0.303. The lowest BCUT2D eigenvalue weighted by Gasteiger charge is -2.07. The zero-order valence-electron chi connectivity index (χ0n) is 11.2. The minimum Gasteiger partial charge on any atom is -0.370 e. The summed E-state index contributed by atoms with van der Waals surface area (Å²) in [6, 6.07) is 3.40. The van der Waals surface area contributed by atoms with Gasteiger partial charge < -0.3 is 10.6 Å².